The molecule has 4 rings (SSSR count). The Hall–Kier alpha value is -1.33. The second-order valence-corrected chi connectivity index (χ2v) is 6.82. The van der Waals surface area contributed by atoms with Crippen LogP contribution in [0.4, 0.5) is 0 Å². The van der Waals surface area contributed by atoms with Crippen LogP contribution in [0.15, 0.2) is 35.5 Å². The Kier molecular flexibility index (Phi) is 3.04. The average Bonchev–Trinajstić information content (AvgIpc) is 3.40. The molecule has 2 unspecified atom stereocenters. The van der Waals surface area contributed by atoms with Gasteiger partial charge in [-0.25, -0.2) is 0 Å². The third-order valence-electron chi connectivity index (χ3n) is 4.05. The molecule has 2 aromatic rings. The van der Waals surface area contributed by atoms with Crippen molar-refractivity contribution in [2.45, 2.75) is 48.2 Å². The van der Waals surface area contributed by atoms with Gasteiger partial charge in [0.1, 0.15) is 5.82 Å². The van der Waals surface area contributed by atoms with Crippen LogP contribution in [0.25, 0.3) is 0 Å². The molecule has 2 fully saturated rings. The summed E-state index contributed by atoms with van der Waals surface area (Å²) in [6, 6.07) is 11.4. The molecule has 0 saturated heterocycles. The number of nitrogens with two attached hydrogens (primary N) is 1. The average molecular weight is 286 g/mol. The van der Waals surface area contributed by atoms with Crippen molar-refractivity contribution < 1.29 is 0 Å². The Bertz CT molecular complexity index is 606. The van der Waals surface area contributed by atoms with E-state index in [-0.39, 0.29) is 0 Å². The van der Waals surface area contributed by atoms with Gasteiger partial charge < -0.3 is 10.3 Å². The van der Waals surface area contributed by atoms with E-state index >= 15 is 0 Å². The maximum atomic E-state index is 5.76. The Morgan fingerprint density at radius 3 is 2.70 bits per heavy atom. The molecular weight excluding hydrogens is 268 g/mol. The zero-order valence-corrected chi connectivity index (χ0v) is 12.1. The van der Waals surface area contributed by atoms with Crippen molar-refractivity contribution >= 4 is 11.8 Å². The predicted octanol–water partition coefficient (Wildman–Crippen LogP) is 2.72. The molecule has 0 aliphatic heterocycles. The van der Waals surface area contributed by atoms with E-state index in [9.17, 15) is 0 Å². The Labute approximate surface area is 122 Å². The SMILES string of the molecule is NCc1nnc(SC2CC2c2ccccc2)n1C1CC1. The Balaban J connectivity index is 1.50. The maximum Gasteiger partial charge on any atom is 0.191 e. The van der Waals surface area contributed by atoms with Crippen LogP contribution in [-0.4, -0.2) is 20.0 Å². The van der Waals surface area contributed by atoms with E-state index in [0.717, 1.165) is 11.0 Å². The summed E-state index contributed by atoms with van der Waals surface area (Å²) in [4.78, 5) is 0. The summed E-state index contributed by atoms with van der Waals surface area (Å²) in [5.41, 5.74) is 7.21. The molecule has 20 heavy (non-hydrogen) atoms. The van der Waals surface area contributed by atoms with Crippen molar-refractivity contribution in [1.29, 1.82) is 0 Å². The zero-order valence-electron chi connectivity index (χ0n) is 11.3. The van der Waals surface area contributed by atoms with Crippen LogP contribution in [0.1, 0.15) is 42.6 Å². The fourth-order valence-corrected chi connectivity index (χ4v) is 4.07. The van der Waals surface area contributed by atoms with Crippen LogP contribution in [-0.2, 0) is 6.54 Å². The molecular formula is C15H18N4S. The Morgan fingerprint density at radius 2 is 2.00 bits per heavy atom. The summed E-state index contributed by atoms with van der Waals surface area (Å²) < 4.78 is 2.27. The first-order valence-electron chi connectivity index (χ1n) is 7.22. The van der Waals surface area contributed by atoms with Crippen LogP contribution >= 0.6 is 11.8 Å². The van der Waals surface area contributed by atoms with Crippen molar-refractivity contribution in [1.82, 2.24) is 14.8 Å². The van der Waals surface area contributed by atoms with Gasteiger partial charge in [-0.15, -0.1) is 10.2 Å². The largest absolute Gasteiger partial charge is 0.324 e. The highest BCUT2D eigenvalue weighted by atomic mass is 32.2. The topological polar surface area (TPSA) is 56.7 Å². The van der Waals surface area contributed by atoms with E-state index in [1.165, 1.54) is 24.8 Å². The molecule has 2 saturated carbocycles. The standard InChI is InChI=1S/C15H18N4S/c16-9-14-17-18-15(19(14)11-6-7-11)20-13-8-12(13)10-4-2-1-3-5-10/h1-5,11-13H,6-9,16H2. The van der Waals surface area contributed by atoms with Crippen molar-refractivity contribution in [3.63, 3.8) is 0 Å². The molecule has 0 amide bonds. The molecule has 1 aromatic heterocycles. The van der Waals surface area contributed by atoms with Crippen LogP contribution in [0.3, 0.4) is 0 Å². The van der Waals surface area contributed by atoms with Gasteiger partial charge in [0, 0.05) is 11.3 Å². The number of benzene rings is 1. The summed E-state index contributed by atoms with van der Waals surface area (Å²) in [5.74, 6) is 1.61. The highest BCUT2D eigenvalue weighted by Crippen LogP contribution is 2.52. The quantitative estimate of drug-likeness (QED) is 0.918. The summed E-state index contributed by atoms with van der Waals surface area (Å²) in [7, 11) is 0. The van der Waals surface area contributed by atoms with Crippen molar-refractivity contribution in [3.05, 3.63) is 41.7 Å². The van der Waals surface area contributed by atoms with Gasteiger partial charge in [0.2, 0.25) is 0 Å². The third-order valence-corrected chi connectivity index (χ3v) is 5.36. The summed E-state index contributed by atoms with van der Waals surface area (Å²) >= 11 is 1.88. The molecule has 2 atom stereocenters. The van der Waals surface area contributed by atoms with Gasteiger partial charge >= 0.3 is 0 Å². The van der Waals surface area contributed by atoms with Crippen LogP contribution in [0, 0.1) is 0 Å². The summed E-state index contributed by atoms with van der Waals surface area (Å²) in [6.07, 6.45) is 3.72. The number of hydrogen-bond acceptors (Lipinski definition) is 4. The van der Waals surface area contributed by atoms with Gasteiger partial charge in [0.15, 0.2) is 5.16 Å². The first-order chi connectivity index (χ1) is 9.86. The number of aromatic nitrogens is 3. The van der Waals surface area contributed by atoms with Gasteiger partial charge in [-0.05, 0) is 30.7 Å². The van der Waals surface area contributed by atoms with Crippen LogP contribution < -0.4 is 5.73 Å². The molecule has 104 valence electrons. The lowest BCUT2D eigenvalue weighted by Crippen LogP contribution is -2.08. The van der Waals surface area contributed by atoms with E-state index in [0.29, 0.717) is 23.8 Å². The number of nitrogens with zero attached hydrogens (tertiary/aromatic N) is 3. The minimum absolute atomic E-state index is 0.483. The predicted molar refractivity (Wildman–Crippen MR) is 79.6 cm³/mol. The molecule has 0 bridgehead atoms. The van der Waals surface area contributed by atoms with Crippen LogP contribution in [0.2, 0.25) is 0 Å². The van der Waals surface area contributed by atoms with Gasteiger partial charge in [0.25, 0.3) is 0 Å². The third kappa shape index (κ3) is 2.25. The molecule has 4 nitrogen and oxygen atoms in total. The van der Waals surface area contributed by atoms with Crippen molar-refractivity contribution in [2.75, 3.05) is 0 Å². The molecule has 2 N–H and O–H groups in total. The lowest BCUT2D eigenvalue weighted by molar-refractivity contribution is 0.626. The second-order valence-electron chi connectivity index (χ2n) is 5.61. The lowest BCUT2D eigenvalue weighted by Gasteiger charge is -2.07. The van der Waals surface area contributed by atoms with E-state index < -0.39 is 0 Å². The normalized spacial score (nSPS) is 24.9. The summed E-state index contributed by atoms with van der Waals surface area (Å²) in [5, 5.41) is 10.3. The number of hydrogen-bond donors (Lipinski definition) is 1. The van der Waals surface area contributed by atoms with E-state index in [4.69, 9.17) is 5.73 Å². The fourth-order valence-electron chi connectivity index (χ4n) is 2.71. The molecule has 1 aromatic carbocycles. The lowest BCUT2D eigenvalue weighted by atomic mass is 10.1. The van der Waals surface area contributed by atoms with Crippen molar-refractivity contribution in [3.8, 4) is 0 Å². The Morgan fingerprint density at radius 1 is 1.20 bits per heavy atom. The van der Waals surface area contributed by atoms with E-state index in [2.05, 4.69) is 45.1 Å². The highest BCUT2D eigenvalue weighted by Gasteiger charge is 2.41. The first-order valence-corrected chi connectivity index (χ1v) is 8.10. The van der Waals surface area contributed by atoms with E-state index in [1.807, 2.05) is 11.8 Å². The summed E-state index contributed by atoms with van der Waals surface area (Å²) in [6.45, 7) is 0.483. The van der Waals surface area contributed by atoms with Crippen molar-refractivity contribution in [2.24, 2.45) is 5.73 Å². The minimum Gasteiger partial charge on any atom is -0.324 e. The molecule has 5 heteroatoms. The monoisotopic (exact) mass is 286 g/mol. The number of thioether (sulfide) groups is 1. The zero-order chi connectivity index (χ0) is 13.5. The minimum atomic E-state index is 0.483. The van der Waals surface area contributed by atoms with Gasteiger partial charge in [-0.2, -0.15) is 0 Å². The molecule has 2 aliphatic rings. The second kappa shape index (κ2) is 4.90. The molecule has 0 spiro atoms. The smallest absolute Gasteiger partial charge is 0.191 e. The molecule has 0 radical (unpaired) electrons. The number of rotatable bonds is 5. The molecule has 2 aliphatic carbocycles. The maximum absolute atomic E-state index is 5.76. The van der Waals surface area contributed by atoms with Gasteiger partial charge in [-0.3, -0.25) is 0 Å². The van der Waals surface area contributed by atoms with Crippen LogP contribution in [0.5, 0.6) is 0 Å². The highest BCUT2D eigenvalue weighted by molar-refractivity contribution is 8.00. The van der Waals surface area contributed by atoms with Gasteiger partial charge in [0.05, 0.1) is 6.54 Å². The fraction of sp³-hybridized carbons (Fsp3) is 0.467. The first kappa shape index (κ1) is 12.4. The van der Waals surface area contributed by atoms with Gasteiger partial charge in [-0.1, -0.05) is 42.1 Å². The molecule has 1 heterocycles. The van der Waals surface area contributed by atoms with E-state index in [1.54, 1.807) is 0 Å².